The number of aromatic nitrogens is 2. The van der Waals surface area contributed by atoms with Crippen molar-refractivity contribution in [1.29, 1.82) is 0 Å². The molecule has 0 radical (unpaired) electrons. The monoisotopic (exact) mass is 474 g/mol. The normalized spacial score (nSPS) is 12.9. The number of nitrogens with one attached hydrogen (secondary N) is 1. The number of hydrogen-bond donors (Lipinski definition) is 2. The predicted molar refractivity (Wildman–Crippen MR) is 129 cm³/mol. The molecule has 0 spiro atoms. The first-order valence-corrected chi connectivity index (χ1v) is 11.5. The van der Waals surface area contributed by atoms with Gasteiger partial charge < -0.3 is 20.5 Å². The van der Waals surface area contributed by atoms with Gasteiger partial charge in [0.2, 0.25) is 0 Å². The van der Waals surface area contributed by atoms with Crippen molar-refractivity contribution in [2.24, 2.45) is 11.7 Å². The van der Waals surface area contributed by atoms with E-state index in [1.807, 2.05) is 50.4 Å². The summed E-state index contributed by atoms with van der Waals surface area (Å²) in [5.74, 6) is 1.49. The third-order valence-corrected chi connectivity index (χ3v) is 5.77. The van der Waals surface area contributed by atoms with Gasteiger partial charge in [0.25, 0.3) is 0 Å². The lowest BCUT2D eigenvalue weighted by molar-refractivity contribution is -0.0185. The van der Waals surface area contributed by atoms with Crippen LogP contribution in [-0.4, -0.2) is 28.3 Å². The largest absolute Gasteiger partial charge is 0.488 e. The minimum Gasteiger partial charge on any atom is -0.488 e. The van der Waals surface area contributed by atoms with Crippen molar-refractivity contribution in [3.8, 4) is 16.9 Å². The zero-order valence-corrected chi connectivity index (χ0v) is 20.1. The van der Waals surface area contributed by atoms with Crippen LogP contribution in [0.5, 0.6) is 5.75 Å². The van der Waals surface area contributed by atoms with E-state index >= 15 is 0 Å². The van der Waals surface area contributed by atoms with Crippen LogP contribution in [-0.2, 0) is 4.74 Å². The number of aryl methyl sites for hydroxylation is 1. The average molecular weight is 475 g/mol. The Bertz CT molecular complexity index is 1090. The first-order chi connectivity index (χ1) is 15.1. The first-order valence-electron chi connectivity index (χ1n) is 10.2. The van der Waals surface area contributed by atoms with Crippen LogP contribution in [0.2, 0.25) is 5.02 Å². The van der Waals surface area contributed by atoms with Crippen LogP contribution in [0.1, 0.15) is 32.9 Å². The smallest absolute Gasteiger partial charge is 0.405 e. The zero-order chi connectivity index (χ0) is 23.3. The minimum absolute atomic E-state index is 0.143. The molecule has 1 amide bonds. The van der Waals surface area contributed by atoms with E-state index in [9.17, 15) is 4.79 Å². The fourth-order valence-electron chi connectivity index (χ4n) is 3.46. The summed E-state index contributed by atoms with van der Waals surface area (Å²) < 4.78 is 11.2. The molecule has 9 heteroatoms. The topological polar surface area (TPSA) is 99.4 Å². The summed E-state index contributed by atoms with van der Waals surface area (Å²) in [4.78, 5) is 20.1. The van der Waals surface area contributed by atoms with Crippen LogP contribution < -0.4 is 15.8 Å². The van der Waals surface area contributed by atoms with E-state index in [4.69, 9.17) is 26.8 Å². The van der Waals surface area contributed by atoms with Crippen molar-refractivity contribution in [2.75, 3.05) is 11.9 Å². The van der Waals surface area contributed by atoms with E-state index in [0.29, 0.717) is 28.9 Å². The lowest BCUT2D eigenvalue weighted by Crippen LogP contribution is -2.41. The highest BCUT2D eigenvalue weighted by Gasteiger charge is 2.30. The van der Waals surface area contributed by atoms with Gasteiger partial charge in [-0.3, -0.25) is 0 Å². The second-order valence-corrected chi connectivity index (χ2v) is 9.52. The molecule has 0 aliphatic heterocycles. The maximum absolute atomic E-state index is 11.3. The Labute approximate surface area is 196 Å². The van der Waals surface area contributed by atoms with Crippen molar-refractivity contribution in [1.82, 2.24) is 9.97 Å². The third kappa shape index (κ3) is 6.58. The summed E-state index contributed by atoms with van der Waals surface area (Å²) in [7, 11) is 0. The van der Waals surface area contributed by atoms with Crippen LogP contribution >= 0.6 is 22.9 Å². The molecule has 0 aliphatic carbocycles. The molecule has 1 atom stereocenters. The van der Waals surface area contributed by atoms with Gasteiger partial charge in [0.15, 0.2) is 5.13 Å². The van der Waals surface area contributed by atoms with Crippen LogP contribution in [0.25, 0.3) is 11.1 Å². The quantitative estimate of drug-likeness (QED) is 0.383. The zero-order valence-electron chi connectivity index (χ0n) is 18.5. The third-order valence-electron chi connectivity index (χ3n) is 4.60. The van der Waals surface area contributed by atoms with E-state index in [1.54, 1.807) is 19.2 Å². The molecule has 2 heterocycles. The van der Waals surface area contributed by atoms with Crippen molar-refractivity contribution >= 4 is 40.0 Å². The number of rotatable bonds is 9. The second kappa shape index (κ2) is 10.2. The Hall–Kier alpha value is -2.84. The summed E-state index contributed by atoms with van der Waals surface area (Å²) in [6.45, 7) is 7.97. The highest BCUT2D eigenvalue weighted by Crippen LogP contribution is 2.33. The number of ether oxygens (including phenoxy) is 2. The van der Waals surface area contributed by atoms with Gasteiger partial charge in [-0.1, -0.05) is 31.5 Å². The molecular weight excluding hydrogens is 448 g/mol. The highest BCUT2D eigenvalue weighted by atomic mass is 35.5. The van der Waals surface area contributed by atoms with Gasteiger partial charge in [0.05, 0.1) is 10.7 Å². The van der Waals surface area contributed by atoms with Crippen molar-refractivity contribution < 1.29 is 14.3 Å². The molecule has 2 aromatic heterocycles. The number of carbonyl (C=O) groups is 1. The minimum atomic E-state index is -0.845. The molecular formula is C23H27ClN4O3S. The number of thiazole rings is 1. The fraction of sp³-hybridized carbons (Fsp3) is 0.348. The summed E-state index contributed by atoms with van der Waals surface area (Å²) in [5.41, 5.74) is 7.23. The SMILES string of the molecule is Cc1csc(Nc2cc(-c3ccc(OC[C@](C)(CC(C)C)OC(N)=O)c(Cl)c3)ccn2)n1. The molecule has 1 aromatic carbocycles. The maximum atomic E-state index is 11.3. The van der Waals surface area contributed by atoms with E-state index in [-0.39, 0.29) is 6.61 Å². The van der Waals surface area contributed by atoms with Gasteiger partial charge in [0.1, 0.15) is 23.8 Å². The lowest BCUT2D eigenvalue weighted by atomic mass is 9.95. The number of anilines is 2. The number of primary amides is 1. The summed E-state index contributed by atoms with van der Waals surface area (Å²) in [6.07, 6.45) is 1.51. The molecule has 3 rings (SSSR count). The van der Waals surface area contributed by atoms with Gasteiger partial charge >= 0.3 is 6.09 Å². The Kier molecular flexibility index (Phi) is 7.58. The molecule has 0 saturated carbocycles. The van der Waals surface area contributed by atoms with Gasteiger partial charge in [-0.05, 0) is 61.6 Å². The lowest BCUT2D eigenvalue weighted by Gasteiger charge is -2.30. The van der Waals surface area contributed by atoms with Crippen molar-refractivity contribution in [3.63, 3.8) is 0 Å². The van der Waals surface area contributed by atoms with Crippen molar-refractivity contribution in [2.45, 2.75) is 39.7 Å². The molecule has 3 aromatic rings. The Morgan fingerprint density at radius 2 is 2.03 bits per heavy atom. The number of nitrogens with zero attached hydrogens (tertiary/aromatic N) is 2. The number of hydrogen-bond acceptors (Lipinski definition) is 7. The molecule has 0 fully saturated rings. The average Bonchev–Trinajstić information content (AvgIpc) is 3.10. The maximum Gasteiger partial charge on any atom is 0.405 e. The second-order valence-electron chi connectivity index (χ2n) is 8.25. The van der Waals surface area contributed by atoms with Gasteiger partial charge in [0, 0.05) is 11.6 Å². The number of pyridine rings is 1. The Morgan fingerprint density at radius 1 is 1.28 bits per heavy atom. The summed E-state index contributed by atoms with van der Waals surface area (Å²) >= 11 is 8.02. The Balaban J connectivity index is 1.73. The van der Waals surface area contributed by atoms with E-state index < -0.39 is 11.7 Å². The molecule has 0 saturated heterocycles. The van der Waals surface area contributed by atoms with Crippen LogP contribution in [0.15, 0.2) is 41.9 Å². The molecule has 0 aliphatic rings. The summed E-state index contributed by atoms with van der Waals surface area (Å²) in [5, 5.41) is 6.44. The predicted octanol–water partition coefficient (Wildman–Crippen LogP) is 6.19. The standard InChI is InChI=1S/C23H27ClN4O3S/c1-14(2)11-23(4,31-21(25)29)13-30-19-6-5-16(9-18(19)24)17-7-8-26-20(10-17)28-22-27-15(3)12-32-22/h5-10,12,14H,11,13H2,1-4H3,(H2,25,29)(H,26,27,28)/t23-/m0/s1. The highest BCUT2D eigenvalue weighted by molar-refractivity contribution is 7.13. The van der Waals surface area contributed by atoms with Crippen LogP contribution in [0, 0.1) is 12.8 Å². The van der Waals surface area contributed by atoms with E-state index in [2.05, 4.69) is 15.3 Å². The molecule has 32 heavy (non-hydrogen) atoms. The number of carbonyl (C=O) groups excluding carboxylic acids is 1. The molecule has 0 unspecified atom stereocenters. The number of halogens is 1. The van der Waals surface area contributed by atoms with E-state index in [0.717, 1.165) is 22.0 Å². The van der Waals surface area contributed by atoms with E-state index in [1.165, 1.54) is 11.3 Å². The number of benzene rings is 1. The molecule has 170 valence electrons. The number of amides is 1. The molecule has 3 N–H and O–H groups in total. The number of nitrogens with two attached hydrogens (primary N) is 1. The summed E-state index contributed by atoms with van der Waals surface area (Å²) in [6, 6.07) is 9.39. The van der Waals surface area contributed by atoms with Crippen LogP contribution in [0.4, 0.5) is 15.7 Å². The van der Waals surface area contributed by atoms with Gasteiger partial charge in [-0.25, -0.2) is 14.8 Å². The van der Waals surface area contributed by atoms with Crippen molar-refractivity contribution in [3.05, 3.63) is 52.6 Å². The van der Waals surface area contributed by atoms with Gasteiger partial charge in [-0.2, -0.15) is 0 Å². The Morgan fingerprint density at radius 3 is 2.66 bits per heavy atom. The first kappa shape index (κ1) is 23.8. The van der Waals surface area contributed by atoms with Gasteiger partial charge in [-0.15, -0.1) is 11.3 Å². The fourth-order valence-corrected chi connectivity index (χ4v) is 4.39. The van der Waals surface area contributed by atoms with Crippen LogP contribution in [0.3, 0.4) is 0 Å². The molecule has 0 bridgehead atoms. The molecule has 7 nitrogen and oxygen atoms in total.